The summed E-state index contributed by atoms with van der Waals surface area (Å²) in [5, 5.41) is 10.1. The molecule has 0 saturated heterocycles. The van der Waals surface area contributed by atoms with Crippen LogP contribution in [0.4, 0.5) is 13.2 Å². The fourth-order valence-electron chi connectivity index (χ4n) is 1.08. The second-order valence-electron chi connectivity index (χ2n) is 3.09. The molecule has 8 heteroatoms. The van der Waals surface area contributed by atoms with Crippen molar-refractivity contribution in [2.24, 2.45) is 0 Å². The Hall–Kier alpha value is -0.850. The largest absolute Gasteiger partial charge is 0.389 e. The lowest BCUT2D eigenvalue weighted by Gasteiger charge is -2.07. The quantitative estimate of drug-likeness (QED) is 0.761. The molecule has 0 fully saturated rings. The van der Waals surface area contributed by atoms with Gasteiger partial charge in [-0.3, -0.25) is 0 Å². The zero-order valence-electron chi connectivity index (χ0n) is 8.00. The van der Waals surface area contributed by atoms with E-state index in [0.29, 0.717) is 5.82 Å². The summed E-state index contributed by atoms with van der Waals surface area (Å²) >= 11 is 5.73. The van der Waals surface area contributed by atoms with E-state index >= 15 is 0 Å². The summed E-state index contributed by atoms with van der Waals surface area (Å²) < 4.78 is 36.9. The number of aromatic nitrogens is 4. The summed E-state index contributed by atoms with van der Waals surface area (Å²) in [5.74, 6) is 0.388. The highest BCUT2D eigenvalue weighted by Crippen LogP contribution is 2.22. The maximum absolute atomic E-state index is 11.9. The van der Waals surface area contributed by atoms with Crippen molar-refractivity contribution in [3.8, 4) is 0 Å². The average molecular weight is 243 g/mol. The summed E-state index contributed by atoms with van der Waals surface area (Å²) in [6.07, 6.45) is -5.03. The van der Waals surface area contributed by atoms with Crippen LogP contribution in [0.5, 0.6) is 0 Å². The monoisotopic (exact) mass is 242 g/mol. The number of alkyl halides is 4. The standard InChI is InChI=1S/C7H10ClF3N4/c1-5(8)6-12-13-14-15(6)4-2-3-7(9,10)11/h5H,2-4H2,1H3. The van der Waals surface area contributed by atoms with Crippen molar-refractivity contribution in [3.05, 3.63) is 5.82 Å². The number of rotatable bonds is 4. The van der Waals surface area contributed by atoms with Gasteiger partial charge in [-0.15, -0.1) is 16.7 Å². The molecule has 0 aliphatic rings. The van der Waals surface area contributed by atoms with Crippen LogP contribution in [0.15, 0.2) is 0 Å². The summed E-state index contributed by atoms with van der Waals surface area (Å²) in [6, 6.07) is 0. The number of hydrogen-bond acceptors (Lipinski definition) is 3. The number of hydrogen-bond donors (Lipinski definition) is 0. The molecule has 0 saturated carbocycles. The first-order chi connectivity index (χ1) is 6.90. The molecular weight excluding hydrogens is 233 g/mol. The minimum atomic E-state index is -4.14. The highest BCUT2D eigenvalue weighted by Gasteiger charge is 2.26. The van der Waals surface area contributed by atoms with Crippen LogP contribution in [0.25, 0.3) is 0 Å². The van der Waals surface area contributed by atoms with E-state index in [4.69, 9.17) is 11.6 Å². The molecule has 0 bridgehead atoms. The summed E-state index contributed by atoms with van der Waals surface area (Å²) in [6.45, 7) is 1.78. The molecule has 1 heterocycles. The average Bonchev–Trinajstić information content (AvgIpc) is 2.49. The molecule has 4 nitrogen and oxygen atoms in total. The molecule has 0 amide bonds. The SMILES string of the molecule is CC(Cl)c1nnnn1CCCC(F)(F)F. The first-order valence-electron chi connectivity index (χ1n) is 4.37. The molecule has 1 aromatic rings. The van der Waals surface area contributed by atoms with E-state index in [1.165, 1.54) is 4.68 Å². The van der Waals surface area contributed by atoms with Gasteiger partial charge in [-0.25, -0.2) is 4.68 Å². The van der Waals surface area contributed by atoms with E-state index in [9.17, 15) is 13.2 Å². The van der Waals surface area contributed by atoms with Crippen molar-refractivity contribution in [1.82, 2.24) is 20.2 Å². The minimum Gasteiger partial charge on any atom is -0.228 e. The van der Waals surface area contributed by atoms with Crippen molar-refractivity contribution in [2.75, 3.05) is 0 Å². The molecule has 1 rings (SSSR count). The first-order valence-corrected chi connectivity index (χ1v) is 4.80. The Labute approximate surface area is 89.4 Å². The van der Waals surface area contributed by atoms with Gasteiger partial charge < -0.3 is 0 Å². The van der Waals surface area contributed by atoms with Gasteiger partial charge >= 0.3 is 6.18 Å². The van der Waals surface area contributed by atoms with E-state index in [-0.39, 0.29) is 13.0 Å². The summed E-state index contributed by atoms with van der Waals surface area (Å²) in [7, 11) is 0. The normalized spacial score (nSPS) is 14.2. The van der Waals surface area contributed by atoms with Crippen LogP contribution in [0, 0.1) is 0 Å². The zero-order chi connectivity index (χ0) is 11.5. The Morgan fingerprint density at radius 2 is 2.13 bits per heavy atom. The molecule has 0 spiro atoms. The van der Waals surface area contributed by atoms with Crippen molar-refractivity contribution in [3.63, 3.8) is 0 Å². The molecule has 0 aliphatic carbocycles. The third-order valence-corrected chi connectivity index (χ3v) is 1.94. The van der Waals surface area contributed by atoms with Gasteiger partial charge in [0.1, 0.15) is 0 Å². The number of tetrazole rings is 1. The van der Waals surface area contributed by atoms with Crippen LogP contribution < -0.4 is 0 Å². The van der Waals surface area contributed by atoms with Gasteiger partial charge in [-0.2, -0.15) is 13.2 Å². The van der Waals surface area contributed by atoms with Gasteiger partial charge in [-0.1, -0.05) is 0 Å². The van der Waals surface area contributed by atoms with Crippen molar-refractivity contribution in [1.29, 1.82) is 0 Å². The Morgan fingerprint density at radius 1 is 1.47 bits per heavy atom. The van der Waals surface area contributed by atoms with Gasteiger partial charge in [0.15, 0.2) is 5.82 Å². The smallest absolute Gasteiger partial charge is 0.228 e. The zero-order valence-corrected chi connectivity index (χ0v) is 8.76. The van der Waals surface area contributed by atoms with Crippen LogP contribution >= 0.6 is 11.6 Å². The number of aryl methyl sites for hydroxylation is 1. The van der Waals surface area contributed by atoms with Crippen LogP contribution in [0.1, 0.15) is 31.0 Å². The molecule has 0 N–H and O–H groups in total. The van der Waals surface area contributed by atoms with Gasteiger partial charge in [0, 0.05) is 13.0 Å². The van der Waals surface area contributed by atoms with Crippen molar-refractivity contribution in [2.45, 2.75) is 37.9 Å². The topological polar surface area (TPSA) is 43.6 Å². The molecule has 0 radical (unpaired) electrons. The highest BCUT2D eigenvalue weighted by molar-refractivity contribution is 6.20. The third-order valence-electron chi connectivity index (χ3n) is 1.75. The molecule has 15 heavy (non-hydrogen) atoms. The predicted octanol–water partition coefficient (Wildman–Crippen LogP) is 2.32. The van der Waals surface area contributed by atoms with Crippen LogP contribution in [-0.4, -0.2) is 26.4 Å². The first kappa shape index (κ1) is 12.2. The second kappa shape index (κ2) is 4.78. The van der Waals surface area contributed by atoms with Crippen LogP contribution in [0.3, 0.4) is 0 Å². The summed E-state index contributed by atoms with van der Waals surface area (Å²) in [5.41, 5.74) is 0. The van der Waals surface area contributed by atoms with Crippen LogP contribution in [-0.2, 0) is 6.54 Å². The van der Waals surface area contributed by atoms with E-state index in [2.05, 4.69) is 15.5 Å². The lowest BCUT2D eigenvalue weighted by Crippen LogP contribution is -2.12. The molecule has 0 aliphatic heterocycles. The van der Waals surface area contributed by atoms with Crippen molar-refractivity contribution < 1.29 is 13.2 Å². The fourth-order valence-corrected chi connectivity index (χ4v) is 1.24. The lowest BCUT2D eigenvalue weighted by molar-refractivity contribution is -0.136. The Morgan fingerprint density at radius 3 is 2.67 bits per heavy atom. The maximum atomic E-state index is 11.9. The molecular formula is C7H10ClF3N4. The van der Waals surface area contributed by atoms with E-state index < -0.39 is 18.0 Å². The molecule has 0 aromatic carbocycles. The molecule has 1 atom stereocenters. The van der Waals surface area contributed by atoms with Crippen molar-refractivity contribution >= 4 is 11.6 Å². The fraction of sp³-hybridized carbons (Fsp3) is 0.857. The maximum Gasteiger partial charge on any atom is 0.389 e. The van der Waals surface area contributed by atoms with E-state index in [1.54, 1.807) is 6.92 Å². The number of nitrogens with zero attached hydrogens (tertiary/aromatic N) is 4. The van der Waals surface area contributed by atoms with Gasteiger partial charge in [0.05, 0.1) is 5.38 Å². The lowest BCUT2D eigenvalue weighted by atomic mass is 10.3. The van der Waals surface area contributed by atoms with E-state index in [1.807, 2.05) is 0 Å². The Kier molecular flexibility index (Phi) is 3.90. The number of halogens is 4. The highest BCUT2D eigenvalue weighted by atomic mass is 35.5. The third kappa shape index (κ3) is 4.03. The minimum absolute atomic E-state index is 0.0504. The molecule has 1 aromatic heterocycles. The summed E-state index contributed by atoms with van der Waals surface area (Å²) in [4.78, 5) is 0. The van der Waals surface area contributed by atoms with Gasteiger partial charge in [0.25, 0.3) is 0 Å². The molecule has 86 valence electrons. The van der Waals surface area contributed by atoms with Gasteiger partial charge in [-0.05, 0) is 23.8 Å². The Bertz CT molecular complexity index is 309. The second-order valence-corrected chi connectivity index (χ2v) is 3.75. The Balaban J connectivity index is 2.47. The van der Waals surface area contributed by atoms with Gasteiger partial charge in [0.2, 0.25) is 0 Å². The molecule has 1 unspecified atom stereocenters. The van der Waals surface area contributed by atoms with Crippen LogP contribution in [0.2, 0.25) is 0 Å². The predicted molar refractivity (Wildman–Crippen MR) is 47.4 cm³/mol. The van der Waals surface area contributed by atoms with E-state index in [0.717, 1.165) is 0 Å².